The number of nitrogens with zero attached hydrogens (tertiary/aromatic N) is 2. The van der Waals surface area contributed by atoms with Crippen LogP contribution in [0.5, 0.6) is 5.88 Å². The number of hydrogen-bond acceptors (Lipinski definition) is 5. The van der Waals surface area contributed by atoms with Gasteiger partial charge in [-0.3, -0.25) is 0 Å². The summed E-state index contributed by atoms with van der Waals surface area (Å²) in [4.78, 5) is 8.14. The third kappa shape index (κ3) is 6.06. The molecule has 0 fully saturated rings. The summed E-state index contributed by atoms with van der Waals surface area (Å²) in [5, 5.41) is 11.8. The summed E-state index contributed by atoms with van der Waals surface area (Å²) in [5.74, 6) is 1.40. The first-order valence-corrected chi connectivity index (χ1v) is 6.16. The first-order chi connectivity index (χ1) is 8.36. The van der Waals surface area contributed by atoms with E-state index in [1.165, 1.54) is 6.33 Å². The van der Waals surface area contributed by atoms with E-state index >= 15 is 0 Å². The van der Waals surface area contributed by atoms with E-state index in [0.717, 1.165) is 38.0 Å². The van der Waals surface area contributed by atoms with Crippen LogP contribution in [0.4, 0.5) is 5.82 Å². The molecule has 17 heavy (non-hydrogen) atoms. The van der Waals surface area contributed by atoms with Gasteiger partial charge in [0.25, 0.3) is 0 Å². The number of nitrogens with one attached hydrogen (secondary N) is 1. The van der Waals surface area contributed by atoms with Crippen molar-refractivity contribution in [2.24, 2.45) is 0 Å². The third-order valence-electron chi connectivity index (χ3n) is 2.25. The van der Waals surface area contributed by atoms with E-state index in [0.29, 0.717) is 12.5 Å². The van der Waals surface area contributed by atoms with Gasteiger partial charge in [0, 0.05) is 19.2 Å². The number of anilines is 1. The van der Waals surface area contributed by atoms with E-state index in [4.69, 9.17) is 9.84 Å². The summed E-state index contributed by atoms with van der Waals surface area (Å²) in [6.07, 6.45) is 5.30. The van der Waals surface area contributed by atoms with Crippen molar-refractivity contribution in [2.45, 2.75) is 32.6 Å². The van der Waals surface area contributed by atoms with Crippen LogP contribution >= 0.6 is 0 Å². The zero-order chi connectivity index (χ0) is 12.3. The molecule has 5 nitrogen and oxygen atoms in total. The Balaban J connectivity index is 2.27. The Morgan fingerprint density at radius 2 is 2.18 bits per heavy atom. The highest BCUT2D eigenvalue weighted by Gasteiger charge is 1.98. The number of aromatic nitrogens is 2. The molecule has 1 aromatic rings. The number of aliphatic hydroxyl groups is 1. The minimum atomic E-state index is 0.249. The molecule has 0 spiro atoms. The summed E-state index contributed by atoms with van der Waals surface area (Å²) in [5.41, 5.74) is 0. The van der Waals surface area contributed by atoms with Gasteiger partial charge in [0.05, 0.1) is 6.61 Å². The summed E-state index contributed by atoms with van der Waals surface area (Å²) in [6, 6.07) is 1.81. The zero-order valence-corrected chi connectivity index (χ0v) is 10.4. The Kier molecular flexibility index (Phi) is 7.06. The lowest BCUT2D eigenvalue weighted by Crippen LogP contribution is -2.04. The lowest BCUT2D eigenvalue weighted by atomic mass is 10.2. The van der Waals surface area contributed by atoms with Crippen LogP contribution < -0.4 is 10.1 Å². The van der Waals surface area contributed by atoms with E-state index in [9.17, 15) is 0 Å². The van der Waals surface area contributed by atoms with Crippen molar-refractivity contribution < 1.29 is 9.84 Å². The molecule has 0 atom stereocenters. The molecule has 2 N–H and O–H groups in total. The molecule has 0 saturated carbocycles. The predicted molar refractivity (Wildman–Crippen MR) is 67.2 cm³/mol. The second kappa shape index (κ2) is 8.75. The molecule has 0 radical (unpaired) electrons. The lowest BCUT2D eigenvalue weighted by molar-refractivity contribution is 0.262. The average molecular weight is 239 g/mol. The van der Waals surface area contributed by atoms with Gasteiger partial charge < -0.3 is 15.2 Å². The van der Waals surface area contributed by atoms with Crippen LogP contribution in [-0.2, 0) is 0 Å². The molecule has 1 heterocycles. The van der Waals surface area contributed by atoms with Gasteiger partial charge in [0.2, 0.25) is 5.88 Å². The largest absolute Gasteiger partial charge is 0.478 e. The van der Waals surface area contributed by atoms with Gasteiger partial charge >= 0.3 is 0 Å². The number of hydrogen-bond donors (Lipinski definition) is 2. The molecule has 5 heteroatoms. The molecule has 0 aliphatic heterocycles. The van der Waals surface area contributed by atoms with Gasteiger partial charge in [0.15, 0.2) is 0 Å². The number of rotatable bonds is 9. The van der Waals surface area contributed by atoms with Gasteiger partial charge in [-0.15, -0.1) is 0 Å². The van der Waals surface area contributed by atoms with Gasteiger partial charge in [-0.05, 0) is 25.7 Å². The van der Waals surface area contributed by atoms with Crippen LogP contribution in [0.1, 0.15) is 32.6 Å². The fraction of sp³-hybridized carbons (Fsp3) is 0.667. The SMILES string of the molecule is CCCNc1cc(OCCCCCO)ncn1. The van der Waals surface area contributed by atoms with Crippen LogP contribution in [0.2, 0.25) is 0 Å². The van der Waals surface area contributed by atoms with Gasteiger partial charge in [-0.1, -0.05) is 6.92 Å². The molecule has 0 aliphatic carbocycles. The molecular formula is C12H21N3O2. The zero-order valence-electron chi connectivity index (χ0n) is 10.4. The minimum absolute atomic E-state index is 0.249. The minimum Gasteiger partial charge on any atom is -0.478 e. The number of ether oxygens (including phenoxy) is 1. The molecule has 0 unspecified atom stereocenters. The lowest BCUT2D eigenvalue weighted by Gasteiger charge is -2.07. The van der Waals surface area contributed by atoms with Gasteiger partial charge in [-0.2, -0.15) is 0 Å². The summed E-state index contributed by atoms with van der Waals surface area (Å²) in [6.45, 7) is 3.88. The van der Waals surface area contributed by atoms with E-state index in [1.54, 1.807) is 0 Å². The maximum absolute atomic E-state index is 8.63. The highest BCUT2D eigenvalue weighted by molar-refractivity contribution is 5.36. The molecule has 0 aromatic carbocycles. The van der Waals surface area contributed by atoms with Crippen molar-refractivity contribution in [2.75, 3.05) is 25.1 Å². The standard InChI is InChI=1S/C12H21N3O2/c1-2-6-13-11-9-12(15-10-14-11)17-8-5-3-4-7-16/h9-10,16H,2-8H2,1H3,(H,13,14,15). The molecule has 1 aromatic heterocycles. The van der Waals surface area contributed by atoms with Crippen LogP contribution in [0.25, 0.3) is 0 Å². The molecule has 0 bridgehead atoms. The topological polar surface area (TPSA) is 67.3 Å². The third-order valence-corrected chi connectivity index (χ3v) is 2.25. The smallest absolute Gasteiger partial charge is 0.218 e. The normalized spacial score (nSPS) is 10.2. The monoisotopic (exact) mass is 239 g/mol. The van der Waals surface area contributed by atoms with E-state index < -0.39 is 0 Å². The molecule has 1 rings (SSSR count). The first-order valence-electron chi connectivity index (χ1n) is 6.16. The van der Waals surface area contributed by atoms with Crippen molar-refractivity contribution in [3.05, 3.63) is 12.4 Å². The summed E-state index contributed by atoms with van der Waals surface area (Å²) >= 11 is 0. The fourth-order valence-corrected chi connectivity index (χ4v) is 1.34. The molecule has 0 aliphatic rings. The van der Waals surface area contributed by atoms with Crippen molar-refractivity contribution in [3.63, 3.8) is 0 Å². The summed E-state index contributed by atoms with van der Waals surface area (Å²) in [7, 11) is 0. The second-order valence-corrected chi connectivity index (χ2v) is 3.80. The second-order valence-electron chi connectivity index (χ2n) is 3.80. The Bertz CT molecular complexity index is 308. The Morgan fingerprint density at radius 1 is 1.29 bits per heavy atom. The van der Waals surface area contributed by atoms with E-state index in [2.05, 4.69) is 22.2 Å². The highest BCUT2D eigenvalue weighted by atomic mass is 16.5. The van der Waals surface area contributed by atoms with Crippen LogP contribution in [0.3, 0.4) is 0 Å². The van der Waals surface area contributed by atoms with Gasteiger partial charge in [-0.25, -0.2) is 9.97 Å². The molecule has 0 amide bonds. The number of unbranched alkanes of at least 4 members (excludes halogenated alkanes) is 2. The van der Waals surface area contributed by atoms with Crippen LogP contribution in [-0.4, -0.2) is 34.8 Å². The first kappa shape index (κ1) is 13.7. The van der Waals surface area contributed by atoms with Crippen LogP contribution in [0.15, 0.2) is 12.4 Å². The van der Waals surface area contributed by atoms with Crippen molar-refractivity contribution in [3.8, 4) is 5.88 Å². The van der Waals surface area contributed by atoms with Crippen LogP contribution in [0, 0.1) is 0 Å². The predicted octanol–water partition coefficient (Wildman–Crippen LogP) is 1.84. The fourth-order valence-electron chi connectivity index (χ4n) is 1.34. The summed E-state index contributed by atoms with van der Waals surface area (Å²) < 4.78 is 5.50. The molecular weight excluding hydrogens is 218 g/mol. The van der Waals surface area contributed by atoms with Crippen molar-refractivity contribution in [1.82, 2.24) is 9.97 Å². The Hall–Kier alpha value is -1.36. The maximum atomic E-state index is 8.63. The molecule has 96 valence electrons. The molecule has 0 saturated heterocycles. The average Bonchev–Trinajstić information content (AvgIpc) is 2.37. The van der Waals surface area contributed by atoms with Gasteiger partial charge in [0.1, 0.15) is 12.1 Å². The number of aliphatic hydroxyl groups excluding tert-OH is 1. The quantitative estimate of drug-likeness (QED) is 0.644. The van der Waals surface area contributed by atoms with Crippen molar-refractivity contribution in [1.29, 1.82) is 0 Å². The Morgan fingerprint density at radius 3 is 2.94 bits per heavy atom. The van der Waals surface area contributed by atoms with E-state index in [1.807, 2.05) is 6.07 Å². The maximum Gasteiger partial charge on any atom is 0.218 e. The Labute approximate surface area is 102 Å². The van der Waals surface area contributed by atoms with Crippen molar-refractivity contribution >= 4 is 5.82 Å². The van der Waals surface area contributed by atoms with E-state index in [-0.39, 0.29) is 6.61 Å². The highest BCUT2D eigenvalue weighted by Crippen LogP contribution is 2.11.